The molecule has 0 atom stereocenters. The Bertz CT molecular complexity index is 661. The van der Waals surface area contributed by atoms with Gasteiger partial charge in [0.2, 0.25) is 0 Å². The van der Waals surface area contributed by atoms with Crippen molar-refractivity contribution in [3.63, 3.8) is 0 Å². The van der Waals surface area contributed by atoms with Gasteiger partial charge in [-0.1, -0.05) is 11.6 Å². The van der Waals surface area contributed by atoms with E-state index in [9.17, 15) is 19.7 Å². The maximum absolute atomic E-state index is 11.7. The Morgan fingerprint density at radius 1 is 1.36 bits per heavy atom. The molecule has 0 bridgehead atoms. The van der Waals surface area contributed by atoms with Crippen LogP contribution in [0.25, 0.3) is 0 Å². The molecule has 0 saturated heterocycles. The summed E-state index contributed by atoms with van der Waals surface area (Å²) in [5.74, 6) is -1.73. The summed E-state index contributed by atoms with van der Waals surface area (Å²) < 4.78 is 9.14. The zero-order valence-electron chi connectivity index (χ0n) is 11.4. The summed E-state index contributed by atoms with van der Waals surface area (Å²) in [5.41, 5.74) is -0.783. The van der Waals surface area contributed by atoms with Gasteiger partial charge >= 0.3 is 11.9 Å². The summed E-state index contributed by atoms with van der Waals surface area (Å²) in [6.45, 7) is 0. The lowest BCUT2D eigenvalue weighted by atomic mass is 10.2. The van der Waals surface area contributed by atoms with Gasteiger partial charge < -0.3 is 14.8 Å². The van der Waals surface area contributed by atoms with Gasteiger partial charge in [0.15, 0.2) is 0 Å². The highest BCUT2D eigenvalue weighted by atomic mass is 79.9. The van der Waals surface area contributed by atoms with Crippen molar-refractivity contribution in [1.82, 2.24) is 0 Å². The monoisotopic (exact) mass is 392 g/mol. The predicted molar refractivity (Wildman–Crippen MR) is 81.5 cm³/mol. The number of anilines is 1. The van der Waals surface area contributed by atoms with Crippen LogP contribution in [0.2, 0.25) is 5.02 Å². The number of halogens is 2. The first-order valence-corrected chi connectivity index (χ1v) is 6.75. The van der Waals surface area contributed by atoms with Crippen molar-refractivity contribution in [3.05, 3.63) is 43.5 Å². The van der Waals surface area contributed by atoms with Crippen LogP contribution in [-0.2, 0) is 19.1 Å². The number of nitro groups is 1. The van der Waals surface area contributed by atoms with Crippen molar-refractivity contribution in [1.29, 1.82) is 0 Å². The van der Waals surface area contributed by atoms with Crippen molar-refractivity contribution in [2.75, 3.05) is 19.5 Å². The Hall–Kier alpha value is -2.13. The van der Waals surface area contributed by atoms with Crippen LogP contribution in [0.5, 0.6) is 0 Å². The molecule has 0 fully saturated rings. The zero-order valence-corrected chi connectivity index (χ0v) is 13.7. The van der Waals surface area contributed by atoms with Gasteiger partial charge in [-0.25, -0.2) is 9.59 Å². The van der Waals surface area contributed by atoms with E-state index in [1.54, 1.807) is 0 Å². The minimum atomic E-state index is -0.901. The van der Waals surface area contributed by atoms with Gasteiger partial charge in [-0.05, 0) is 22.0 Å². The van der Waals surface area contributed by atoms with E-state index in [0.29, 0.717) is 0 Å². The van der Waals surface area contributed by atoms with Gasteiger partial charge in [-0.2, -0.15) is 0 Å². The molecule has 118 valence electrons. The SMILES string of the molecule is COC(=O)/C=C(/Nc1c(Br)cc(Cl)cc1[N+](=O)[O-])C(=O)OC. The standard InChI is InChI=1S/C12H10BrClN2O6/c1-21-10(17)5-8(12(18)22-2)15-11-7(13)3-6(14)4-9(11)16(19)20/h3-5,15H,1-2H3/b8-5+. The molecule has 0 aliphatic rings. The lowest BCUT2D eigenvalue weighted by Gasteiger charge is -2.11. The van der Waals surface area contributed by atoms with Crippen molar-refractivity contribution in [2.24, 2.45) is 0 Å². The molecule has 8 nitrogen and oxygen atoms in total. The number of carbonyl (C=O) groups is 2. The predicted octanol–water partition coefficient (Wildman–Crippen LogP) is 2.65. The molecule has 22 heavy (non-hydrogen) atoms. The molecule has 0 saturated carbocycles. The van der Waals surface area contributed by atoms with E-state index in [4.69, 9.17) is 11.6 Å². The Morgan fingerprint density at radius 3 is 2.50 bits per heavy atom. The van der Waals surface area contributed by atoms with E-state index in [1.165, 1.54) is 6.07 Å². The number of rotatable bonds is 5. The molecule has 0 heterocycles. The minimum absolute atomic E-state index is 0.0602. The van der Waals surface area contributed by atoms with Gasteiger partial charge in [-0.3, -0.25) is 10.1 Å². The summed E-state index contributed by atoms with van der Waals surface area (Å²) in [6.07, 6.45) is 0.816. The fourth-order valence-corrected chi connectivity index (χ4v) is 2.29. The molecule has 1 rings (SSSR count). The van der Waals surface area contributed by atoms with Crippen molar-refractivity contribution >= 4 is 50.8 Å². The second-order valence-corrected chi connectivity index (χ2v) is 5.03. The maximum atomic E-state index is 11.7. The summed E-state index contributed by atoms with van der Waals surface area (Å²) in [4.78, 5) is 33.3. The van der Waals surface area contributed by atoms with E-state index in [0.717, 1.165) is 26.4 Å². The van der Waals surface area contributed by atoms with E-state index >= 15 is 0 Å². The first-order chi connectivity index (χ1) is 10.3. The quantitative estimate of drug-likeness (QED) is 0.354. The summed E-state index contributed by atoms with van der Waals surface area (Å²) in [7, 11) is 2.22. The molecule has 1 aromatic rings. The average Bonchev–Trinajstić information content (AvgIpc) is 2.47. The fraction of sp³-hybridized carbons (Fsp3) is 0.167. The van der Waals surface area contributed by atoms with Crippen molar-refractivity contribution in [3.8, 4) is 0 Å². The number of carbonyl (C=O) groups excluding carboxylic acids is 2. The highest BCUT2D eigenvalue weighted by Crippen LogP contribution is 2.36. The van der Waals surface area contributed by atoms with Gasteiger partial charge in [0, 0.05) is 15.6 Å². The fourth-order valence-electron chi connectivity index (χ4n) is 1.40. The van der Waals surface area contributed by atoms with Gasteiger partial charge in [0.25, 0.3) is 5.69 Å². The number of methoxy groups -OCH3 is 2. The Labute approximate surface area is 138 Å². The van der Waals surface area contributed by atoms with Crippen molar-refractivity contribution in [2.45, 2.75) is 0 Å². The Balaban J connectivity index is 3.35. The van der Waals surface area contributed by atoms with Crippen LogP contribution in [0.1, 0.15) is 0 Å². The van der Waals surface area contributed by atoms with Crippen LogP contribution in [0, 0.1) is 10.1 Å². The highest BCUT2D eigenvalue weighted by molar-refractivity contribution is 9.10. The van der Waals surface area contributed by atoms with E-state index < -0.39 is 16.9 Å². The summed E-state index contributed by atoms with van der Waals surface area (Å²) in [5, 5.41) is 13.7. The molecule has 0 aliphatic carbocycles. The number of nitrogens with one attached hydrogen (secondary N) is 1. The largest absolute Gasteiger partial charge is 0.466 e. The molecule has 1 N–H and O–H groups in total. The number of nitro benzene ring substituents is 1. The molecule has 0 aromatic heterocycles. The number of esters is 2. The Morgan fingerprint density at radius 2 is 2.00 bits per heavy atom. The lowest BCUT2D eigenvalue weighted by molar-refractivity contribution is -0.384. The average molecular weight is 394 g/mol. The molecule has 10 heteroatoms. The molecule has 0 amide bonds. The van der Waals surface area contributed by atoms with Crippen LogP contribution in [0.4, 0.5) is 11.4 Å². The smallest absolute Gasteiger partial charge is 0.354 e. The molecular formula is C12H10BrClN2O6. The van der Waals surface area contributed by atoms with Crippen LogP contribution in [0.3, 0.4) is 0 Å². The van der Waals surface area contributed by atoms with Crippen molar-refractivity contribution < 1.29 is 24.0 Å². The summed E-state index contributed by atoms with van der Waals surface area (Å²) in [6, 6.07) is 2.49. The first kappa shape index (κ1) is 17.9. The van der Waals surface area contributed by atoms with E-state index in [-0.39, 0.29) is 26.6 Å². The molecule has 0 aliphatic heterocycles. The third-order valence-electron chi connectivity index (χ3n) is 2.36. The third kappa shape index (κ3) is 4.43. The minimum Gasteiger partial charge on any atom is -0.466 e. The van der Waals surface area contributed by atoms with Crippen LogP contribution < -0.4 is 5.32 Å². The van der Waals surface area contributed by atoms with Gasteiger partial charge in [-0.15, -0.1) is 0 Å². The number of ether oxygens (including phenoxy) is 2. The molecular weight excluding hydrogens is 383 g/mol. The maximum Gasteiger partial charge on any atom is 0.354 e. The molecule has 1 aromatic carbocycles. The second-order valence-electron chi connectivity index (χ2n) is 3.74. The zero-order chi connectivity index (χ0) is 16.9. The number of benzene rings is 1. The number of hydrogen-bond donors (Lipinski definition) is 1. The second kappa shape index (κ2) is 7.76. The van der Waals surface area contributed by atoms with Crippen LogP contribution in [-0.4, -0.2) is 31.1 Å². The first-order valence-electron chi connectivity index (χ1n) is 5.58. The van der Waals surface area contributed by atoms with E-state index in [1.807, 2.05) is 0 Å². The van der Waals surface area contributed by atoms with Crippen LogP contribution in [0.15, 0.2) is 28.4 Å². The number of hydrogen-bond acceptors (Lipinski definition) is 7. The number of nitrogens with zero attached hydrogens (tertiary/aromatic N) is 1. The van der Waals surface area contributed by atoms with Gasteiger partial charge in [0.05, 0.1) is 25.2 Å². The molecule has 0 radical (unpaired) electrons. The van der Waals surface area contributed by atoms with Gasteiger partial charge in [0.1, 0.15) is 11.4 Å². The third-order valence-corrected chi connectivity index (χ3v) is 3.20. The Kier molecular flexibility index (Phi) is 6.32. The highest BCUT2D eigenvalue weighted by Gasteiger charge is 2.22. The normalized spacial score (nSPS) is 10.8. The molecule has 0 spiro atoms. The molecule has 0 unspecified atom stereocenters. The van der Waals surface area contributed by atoms with Crippen LogP contribution >= 0.6 is 27.5 Å². The lowest BCUT2D eigenvalue weighted by Crippen LogP contribution is -2.16. The summed E-state index contributed by atoms with van der Waals surface area (Å²) >= 11 is 8.86. The van der Waals surface area contributed by atoms with E-state index in [2.05, 4.69) is 30.7 Å². The topological polar surface area (TPSA) is 108 Å².